The van der Waals surface area contributed by atoms with Crippen molar-refractivity contribution in [2.45, 2.75) is 109 Å². The van der Waals surface area contributed by atoms with Crippen LogP contribution in [-0.4, -0.2) is 55.5 Å². The quantitative estimate of drug-likeness (QED) is 0.160. The Kier molecular flexibility index (Phi) is 20.0. The highest BCUT2D eigenvalue weighted by atomic mass is 28.1. The van der Waals surface area contributed by atoms with Gasteiger partial charge in [0.05, 0.1) is 27.7 Å². The third kappa shape index (κ3) is 24.1. The molecule has 0 aliphatic rings. The largest absolute Gasteiger partial charge is 0.330 e. The van der Waals surface area contributed by atoms with Gasteiger partial charge in [-0.2, -0.15) is 0 Å². The van der Waals surface area contributed by atoms with Crippen LogP contribution < -0.4 is 5.32 Å². The molecular formula is C23H53N2Si+. The predicted octanol–water partition coefficient (Wildman–Crippen LogP) is 5.31. The maximum atomic E-state index is 3.58. The second-order valence-electron chi connectivity index (χ2n) is 9.42. The van der Waals surface area contributed by atoms with Gasteiger partial charge in [-0.1, -0.05) is 102 Å². The summed E-state index contributed by atoms with van der Waals surface area (Å²) in [7, 11) is 8.19. The summed E-state index contributed by atoms with van der Waals surface area (Å²) < 4.78 is 1.06. The van der Waals surface area contributed by atoms with E-state index in [9.17, 15) is 0 Å². The van der Waals surface area contributed by atoms with Crippen molar-refractivity contribution < 1.29 is 4.48 Å². The molecule has 3 heteroatoms. The second-order valence-corrected chi connectivity index (χ2v) is 10.4. The lowest BCUT2D eigenvalue weighted by molar-refractivity contribution is -0.869. The first-order valence-electron chi connectivity index (χ1n) is 12.1. The van der Waals surface area contributed by atoms with Crippen molar-refractivity contribution in [2.75, 3.05) is 40.8 Å². The van der Waals surface area contributed by atoms with Gasteiger partial charge in [0.1, 0.15) is 0 Å². The summed E-state index contributed by atoms with van der Waals surface area (Å²) in [6.07, 6.45) is 23.5. The highest BCUT2D eigenvalue weighted by molar-refractivity contribution is 6.08. The summed E-state index contributed by atoms with van der Waals surface area (Å²) in [6, 6.07) is 1.51. The Morgan fingerprint density at radius 2 is 0.846 bits per heavy atom. The van der Waals surface area contributed by atoms with Crippen molar-refractivity contribution in [2.24, 2.45) is 0 Å². The monoisotopic (exact) mass is 385 g/mol. The molecule has 0 aliphatic carbocycles. The molecule has 0 fully saturated rings. The number of nitrogens with zero attached hydrogens (tertiary/aromatic N) is 1. The minimum atomic E-state index is 1.06. The Morgan fingerprint density at radius 1 is 0.500 bits per heavy atom. The van der Waals surface area contributed by atoms with Crippen molar-refractivity contribution in [3.8, 4) is 0 Å². The second kappa shape index (κ2) is 19.9. The Balaban J connectivity index is 3.01. The van der Waals surface area contributed by atoms with Crippen LogP contribution in [0.5, 0.6) is 0 Å². The highest BCUT2D eigenvalue weighted by Crippen LogP contribution is 2.13. The zero-order valence-corrected chi connectivity index (χ0v) is 21.1. The fourth-order valence-corrected chi connectivity index (χ4v) is 4.01. The lowest BCUT2D eigenvalue weighted by atomic mass is 10.0. The maximum Gasteiger partial charge on any atom is 0.0907 e. The van der Waals surface area contributed by atoms with Gasteiger partial charge >= 0.3 is 0 Å². The van der Waals surface area contributed by atoms with E-state index in [1.165, 1.54) is 132 Å². The van der Waals surface area contributed by atoms with Gasteiger partial charge in [-0.3, -0.25) is 0 Å². The Labute approximate surface area is 169 Å². The molecule has 0 saturated heterocycles. The lowest BCUT2D eigenvalue weighted by Crippen LogP contribution is -2.40. The Bertz CT molecular complexity index is 263. The Morgan fingerprint density at radius 3 is 1.19 bits per heavy atom. The minimum Gasteiger partial charge on any atom is -0.330 e. The van der Waals surface area contributed by atoms with Crippen LogP contribution in [0.1, 0.15) is 103 Å². The molecule has 0 bridgehead atoms. The molecule has 0 rings (SSSR count). The maximum absolute atomic E-state index is 3.58. The SMILES string of the molecule is C[N+](C)(C)CCNCCCCCCCCCCCCCCCCCC[SiH3]. The van der Waals surface area contributed by atoms with Crippen molar-refractivity contribution in [3.05, 3.63) is 0 Å². The number of likely N-dealkylation sites (N-methyl/N-ethyl adjacent to an activating group) is 1. The van der Waals surface area contributed by atoms with Crippen molar-refractivity contribution in [1.82, 2.24) is 5.32 Å². The summed E-state index contributed by atoms with van der Waals surface area (Å²) in [6.45, 7) is 3.59. The smallest absolute Gasteiger partial charge is 0.0907 e. The summed E-state index contributed by atoms with van der Waals surface area (Å²) in [5, 5.41) is 3.58. The normalized spacial score (nSPS) is 12.1. The van der Waals surface area contributed by atoms with Crippen LogP contribution in [0.25, 0.3) is 0 Å². The average molecular weight is 386 g/mol. The van der Waals surface area contributed by atoms with E-state index in [1.54, 1.807) is 0 Å². The van der Waals surface area contributed by atoms with E-state index in [4.69, 9.17) is 0 Å². The third-order valence-corrected chi connectivity index (χ3v) is 6.12. The predicted molar refractivity (Wildman–Crippen MR) is 124 cm³/mol. The molecule has 0 unspecified atom stereocenters. The van der Waals surface area contributed by atoms with E-state index in [-0.39, 0.29) is 0 Å². The molecule has 0 aromatic carbocycles. The molecule has 158 valence electrons. The molecule has 2 nitrogen and oxygen atoms in total. The first-order valence-corrected chi connectivity index (χ1v) is 13.5. The van der Waals surface area contributed by atoms with Crippen molar-refractivity contribution >= 4 is 10.2 Å². The van der Waals surface area contributed by atoms with Crippen LogP contribution in [0.3, 0.4) is 0 Å². The zero-order chi connectivity index (χ0) is 19.3. The molecular weight excluding hydrogens is 332 g/mol. The van der Waals surface area contributed by atoms with Gasteiger partial charge in [0.2, 0.25) is 0 Å². The van der Waals surface area contributed by atoms with E-state index in [0.717, 1.165) is 11.0 Å². The van der Waals surface area contributed by atoms with Crippen LogP contribution in [0.15, 0.2) is 0 Å². The average Bonchev–Trinajstić information content (AvgIpc) is 2.59. The third-order valence-electron chi connectivity index (χ3n) is 5.42. The van der Waals surface area contributed by atoms with Gasteiger partial charge in [-0.05, 0) is 13.0 Å². The van der Waals surface area contributed by atoms with Gasteiger partial charge < -0.3 is 9.80 Å². The van der Waals surface area contributed by atoms with Gasteiger partial charge in [-0.25, -0.2) is 0 Å². The number of unbranched alkanes of at least 4 members (excludes halogenated alkanes) is 15. The molecule has 0 saturated carbocycles. The van der Waals surface area contributed by atoms with Crippen LogP contribution in [-0.2, 0) is 0 Å². The molecule has 0 spiro atoms. The first kappa shape index (κ1) is 26.1. The molecule has 0 aromatic heterocycles. The number of quaternary nitrogens is 1. The summed E-state index contributed by atoms with van der Waals surface area (Å²) in [5.74, 6) is 0. The number of hydrogen-bond acceptors (Lipinski definition) is 1. The fourth-order valence-electron chi connectivity index (χ4n) is 3.51. The molecule has 0 amide bonds. The summed E-state index contributed by atoms with van der Waals surface area (Å²) in [4.78, 5) is 0. The van der Waals surface area contributed by atoms with Crippen molar-refractivity contribution in [1.29, 1.82) is 0 Å². The minimum absolute atomic E-state index is 1.06. The van der Waals surface area contributed by atoms with E-state index >= 15 is 0 Å². The van der Waals surface area contributed by atoms with E-state index in [2.05, 4.69) is 26.5 Å². The molecule has 0 aliphatic heterocycles. The molecule has 0 heterocycles. The van der Waals surface area contributed by atoms with E-state index in [0.29, 0.717) is 0 Å². The molecule has 26 heavy (non-hydrogen) atoms. The van der Waals surface area contributed by atoms with E-state index < -0.39 is 0 Å². The van der Waals surface area contributed by atoms with Gasteiger partial charge in [0.25, 0.3) is 0 Å². The molecule has 0 aromatic rings. The molecule has 0 radical (unpaired) electrons. The standard InChI is InChI=1S/C23H53N2Si/c1-25(2,3)22-21-24-20-18-16-14-12-10-8-6-4-5-7-9-11-13-15-17-19-23-26/h24H,4-23H2,1-3,26H3/q+1. The number of rotatable bonds is 21. The topological polar surface area (TPSA) is 12.0 Å². The zero-order valence-electron chi connectivity index (χ0n) is 19.1. The summed E-state index contributed by atoms with van der Waals surface area (Å²) in [5.41, 5.74) is 0. The Hall–Kier alpha value is 0.137. The van der Waals surface area contributed by atoms with Crippen LogP contribution in [0.4, 0.5) is 0 Å². The fraction of sp³-hybridized carbons (Fsp3) is 1.00. The van der Waals surface area contributed by atoms with Gasteiger partial charge in [0, 0.05) is 16.8 Å². The number of nitrogens with one attached hydrogen (secondary N) is 1. The highest BCUT2D eigenvalue weighted by Gasteiger charge is 2.04. The van der Waals surface area contributed by atoms with Crippen molar-refractivity contribution in [3.63, 3.8) is 0 Å². The van der Waals surface area contributed by atoms with Crippen LogP contribution in [0.2, 0.25) is 6.04 Å². The van der Waals surface area contributed by atoms with E-state index in [1.807, 2.05) is 0 Å². The van der Waals surface area contributed by atoms with Gasteiger partial charge in [0.15, 0.2) is 0 Å². The molecule has 0 atom stereocenters. The van der Waals surface area contributed by atoms with Crippen LogP contribution >= 0.6 is 0 Å². The number of hydrogen-bond donors (Lipinski definition) is 1. The van der Waals surface area contributed by atoms with Crippen LogP contribution in [0, 0.1) is 0 Å². The first-order chi connectivity index (χ1) is 12.6. The van der Waals surface area contributed by atoms with Gasteiger partial charge in [-0.15, -0.1) is 0 Å². The lowest BCUT2D eigenvalue weighted by Gasteiger charge is -2.23. The molecule has 1 N–H and O–H groups in total. The summed E-state index contributed by atoms with van der Waals surface area (Å²) >= 11 is 0.